The number of amides is 1. The number of nitrogens with zero attached hydrogens (tertiary/aromatic N) is 5. The van der Waals surface area contributed by atoms with Gasteiger partial charge in [0.15, 0.2) is 5.65 Å². The molecule has 1 aliphatic rings. The lowest BCUT2D eigenvalue weighted by Crippen LogP contribution is -2.34. The summed E-state index contributed by atoms with van der Waals surface area (Å²) in [6.45, 7) is 7.85. The maximum absolute atomic E-state index is 13.9. The van der Waals surface area contributed by atoms with E-state index in [9.17, 15) is 9.18 Å². The van der Waals surface area contributed by atoms with Gasteiger partial charge in [-0.1, -0.05) is 47.7 Å². The van der Waals surface area contributed by atoms with Gasteiger partial charge in [0, 0.05) is 37.8 Å². The van der Waals surface area contributed by atoms with Gasteiger partial charge < -0.3 is 14.6 Å². The first-order valence-corrected chi connectivity index (χ1v) is 18.2. The minimum absolute atomic E-state index is 0.212. The van der Waals surface area contributed by atoms with Crippen molar-refractivity contribution in [2.75, 3.05) is 6.61 Å². The maximum Gasteiger partial charge on any atom is 0.255 e. The van der Waals surface area contributed by atoms with Crippen LogP contribution in [0, 0.1) is 5.82 Å². The number of aryl methyl sites for hydroxylation is 1. The number of carbonyl (C=O) groups is 1. The summed E-state index contributed by atoms with van der Waals surface area (Å²) in [5.74, 6) is -0.547. The Balaban J connectivity index is 1.38. The molecule has 0 spiro atoms. The molecule has 5 aromatic rings. The lowest BCUT2D eigenvalue weighted by Gasteiger charge is -2.18. The molecule has 0 aliphatic heterocycles. The summed E-state index contributed by atoms with van der Waals surface area (Å²) in [7, 11) is 0.517. The summed E-state index contributed by atoms with van der Waals surface area (Å²) < 4.78 is 24.4. The van der Waals surface area contributed by atoms with Crippen LogP contribution in [0.2, 0.25) is 25.7 Å². The molecular formula is C30H32BrFN6O2Si. The molecule has 11 heteroatoms. The third kappa shape index (κ3) is 5.58. The fourth-order valence-corrected chi connectivity index (χ4v) is 6.08. The average molecular weight is 636 g/mol. The Bertz CT molecular complexity index is 1770. The predicted octanol–water partition coefficient (Wildman–Crippen LogP) is 6.62. The van der Waals surface area contributed by atoms with Crippen molar-refractivity contribution in [3.8, 4) is 11.4 Å². The van der Waals surface area contributed by atoms with Crippen LogP contribution in [0.1, 0.15) is 28.8 Å². The summed E-state index contributed by atoms with van der Waals surface area (Å²) >= 11 is 3.49. The maximum atomic E-state index is 13.9. The van der Waals surface area contributed by atoms with Crippen LogP contribution in [0.15, 0.2) is 59.3 Å². The first-order valence-electron chi connectivity index (χ1n) is 13.7. The van der Waals surface area contributed by atoms with E-state index in [1.54, 1.807) is 30.2 Å². The fraction of sp³-hybridized carbons (Fsp3) is 0.333. The number of hydrogen-bond acceptors (Lipinski definition) is 5. The van der Waals surface area contributed by atoms with Crippen LogP contribution >= 0.6 is 15.9 Å². The summed E-state index contributed by atoms with van der Waals surface area (Å²) in [5, 5.41) is 8.64. The number of rotatable bonds is 9. The lowest BCUT2D eigenvalue weighted by atomic mass is 10.0. The SMILES string of the molecule is Cn1nc(-c2cnc3c(n2)c(C(=O)NC2(c4ccc(Br)cc4)CC2)cn3COCC[Si](C)(C)C)c2ccc(F)cc21. The number of carbonyl (C=O) groups excluding carboxylic acids is 1. The largest absolute Gasteiger partial charge is 0.361 e. The first-order chi connectivity index (χ1) is 19.5. The van der Waals surface area contributed by atoms with Gasteiger partial charge in [-0.25, -0.2) is 14.4 Å². The zero-order valence-electron chi connectivity index (χ0n) is 23.5. The highest BCUT2D eigenvalue weighted by Gasteiger charge is 2.46. The molecule has 3 heterocycles. The number of nitrogens with one attached hydrogen (secondary N) is 1. The summed E-state index contributed by atoms with van der Waals surface area (Å²) in [4.78, 5) is 23.5. The number of halogens is 2. The van der Waals surface area contributed by atoms with Gasteiger partial charge >= 0.3 is 0 Å². The van der Waals surface area contributed by atoms with Gasteiger partial charge in [0.1, 0.15) is 29.5 Å². The second-order valence-corrected chi connectivity index (χ2v) is 18.5. The molecule has 1 fully saturated rings. The van der Waals surface area contributed by atoms with Gasteiger partial charge in [-0.05, 0) is 54.8 Å². The van der Waals surface area contributed by atoms with Gasteiger partial charge in [-0.15, -0.1) is 0 Å². The van der Waals surface area contributed by atoms with Crippen LogP contribution in [-0.2, 0) is 24.1 Å². The molecule has 1 N–H and O–H groups in total. The monoisotopic (exact) mass is 634 g/mol. The van der Waals surface area contributed by atoms with Gasteiger partial charge in [-0.3, -0.25) is 9.48 Å². The number of ether oxygens (including phenoxy) is 1. The van der Waals surface area contributed by atoms with E-state index in [4.69, 9.17) is 14.7 Å². The molecule has 3 aromatic heterocycles. The average Bonchev–Trinajstić information content (AvgIpc) is 3.51. The Hall–Kier alpha value is -3.41. The highest BCUT2D eigenvalue weighted by molar-refractivity contribution is 9.10. The third-order valence-electron chi connectivity index (χ3n) is 7.59. The molecule has 0 bridgehead atoms. The Morgan fingerprint density at radius 2 is 1.93 bits per heavy atom. The molecule has 6 rings (SSSR count). The summed E-state index contributed by atoms with van der Waals surface area (Å²) in [5.41, 5.74) is 3.88. The molecule has 0 unspecified atom stereocenters. The summed E-state index contributed by atoms with van der Waals surface area (Å²) in [6, 6.07) is 13.7. The first kappa shape index (κ1) is 27.7. The van der Waals surface area contributed by atoms with Crippen LogP contribution < -0.4 is 5.32 Å². The Morgan fingerprint density at radius 3 is 2.63 bits per heavy atom. The molecule has 212 valence electrons. The standard InChI is InChI=1S/C30H32BrFN6O2Si/c1-37-25-15-21(32)9-10-22(25)26(36-37)24-16-33-28-27(34-24)23(17-38(28)18-40-13-14-41(2,3)4)29(39)35-30(11-12-30)19-5-7-20(31)8-6-19/h5-10,15-17H,11-14,18H2,1-4H3,(H,35,39). The topological polar surface area (TPSA) is 86.9 Å². The van der Waals surface area contributed by atoms with Crippen LogP contribution in [-0.4, -0.2) is 44.9 Å². The predicted molar refractivity (Wildman–Crippen MR) is 164 cm³/mol. The van der Waals surface area contributed by atoms with Gasteiger partial charge in [0.05, 0.1) is 22.8 Å². The molecule has 41 heavy (non-hydrogen) atoms. The second kappa shape index (κ2) is 10.5. The number of benzene rings is 2. The second-order valence-electron chi connectivity index (χ2n) is 12.0. The van der Waals surface area contributed by atoms with Crippen molar-refractivity contribution in [3.05, 3.63) is 76.3 Å². The molecule has 0 atom stereocenters. The molecule has 0 radical (unpaired) electrons. The number of fused-ring (bicyclic) bond motifs is 2. The zero-order valence-corrected chi connectivity index (χ0v) is 26.1. The van der Waals surface area contributed by atoms with E-state index in [1.165, 1.54) is 12.1 Å². The van der Waals surface area contributed by atoms with E-state index in [0.717, 1.165) is 34.3 Å². The van der Waals surface area contributed by atoms with Crippen molar-refractivity contribution in [1.82, 2.24) is 29.6 Å². The number of aromatic nitrogens is 5. The minimum atomic E-state index is -1.25. The van der Waals surface area contributed by atoms with Crippen LogP contribution in [0.5, 0.6) is 0 Å². The highest BCUT2D eigenvalue weighted by Crippen LogP contribution is 2.46. The van der Waals surface area contributed by atoms with Crippen molar-refractivity contribution in [2.24, 2.45) is 7.05 Å². The van der Waals surface area contributed by atoms with E-state index in [0.29, 0.717) is 40.2 Å². The fourth-order valence-electron chi connectivity index (χ4n) is 5.06. The minimum Gasteiger partial charge on any atom is -0.361 e. The third-order valence-corrected chi connectivity index (χ3v) is 9.83. The van der Waals surface area contributed by atoms with E-state index >= 15 is 0 Å². The molecule has 0 saturated heterocycles. The van der Waals surface area contributed by atoms with E-state index < -0.39 is 13.6 Å². The van der Waals surface area contributed by atoms with E-state index in [2.05, 4.69) is 46.0 Å². The highest BCUT2D eigenvalue weighted by atomic mass is 79.9. The lowest BCUT2D eigenvalue weighted by molar-refractivity contribution is 0.0888. The van der Waals surface area contributed by atoms with Crippen molar-refractivity contribution in [2.45, 2.75) is 50.8 Å². The smallest absolute Gasteiger partial charge is 0.255 e. The van der Waals surface area contributed by atoms with Gasteiger partial charge in [0.2, 0.25) is 0 Å². The molecule has 8 nitrogen and oxygen atoms in total. The van der Waals surface area contributed by atoms with Crippen LogP contribution in [0.4, 0.5) is 4.39 Å². The Kier molecular flexibility index (Phi) is 7.07. The summed E-state index contributed by atoms with van der Waals surface area (Å²) in [6.07, 6.45) is 5.16. The van der Waals surface area contributed by atoms with E-state index in [-0.39, 0.29) is 18.5 Å². The quantitative estimate of drug-likeness (QED) is 0.145. The van der Waals surface area contributed by atoms with E-state index in [1.807, 2.05) is 28.8 Å². The zero-order chi connectivity index (χ0) is 28.9. The molecular weight excluding hydrogens is 603 g/mol. The molecule has 1 amide bonds. The van der Waals surface area contributed by atoms with Crippen molar-refractivity contribution in [1.29, 1.82) is 0 Å². The Labute approximate surface area is 247 Å². The molecule has 1 aliphatic carbocycles. The Morgan fingerprint density at radius 1 is 1.17 bits per heavy atom. The van der Waals surface area contributed by atoms with Crippen molar-refractivity contribution >= 4 is 52.0 Å². The normalized spacial score (nSPS) is 14.6. The molecule has 1 saturated carbocycles. The van der Waals surface area contributed by atoms with Crippen LogP contribution in [0.25, 0.3) is 33.5 Å². The van der Waals surface area contributed by atoms with Crippen LogP contribution in [0.3, 0.4) is 0 Å². The number of hydrogen-bond donors (Lipinski definition) is 1. The van der Waals surface area contributed by atoms with Crippen molar-refractivity contribution in [3.63, 3.8) is 0 Å². The van der Waals surface area contributed by atoms with Gasteiger partial charge in [-0.2, -0.15) is 5.10 Å². The van der Waals surface area contributed by atoms with Crippen molar-refractivity contribution < 1.29 is 13.9 Å². The molecule has 2 aromatic carbocycles. The van der Waals surface area contributed by atoms with Gasteiger partial charge in [0.25, 0.3) is 5.91 Å².